The fraction of sp³-hybridized carbons (Fsp3) is 0.429. The zero-order chi connectivity index (χ0) is 12.7. The predicted octanol–water partition coefficient (Wildman–Crippen LogP) is 2.46. The van der Waals surface area contributed by atoms with Gasteiger partial charge in [-0.05, 0) is 11.5 Å². The van der Waals surface area contributed by atoms with Gasteiger partial charge in [-0.15, -0.1) is 0 Å². The highest BCUT2D eigenvalue weighted by Gasteiger charge is 2.14. The summed E-state index contributed by atoms with van der Waals surface area (Å²) in [5, 5.41) is 11.9. The molecule has 17 heavy (non-hydrogen) atoms. The number of rotatable bonds is 5. The van der Waals surface area contributed by atoms with Crippen LogP contribution in [-0.4, -0.2) is 12.5 Å². The summed E-state index contributed by atoms with van der Waals surface area (Å²) in [6, 6.07) is 11.6. The van der Waals surface area contributed by atoms with Crippen LogP contribution in [0.3, 0.4) is 0 Å². The van der Waals surface area contributed by atoms with Crippen molar-refractivity contribution in [3.63, 3.8) is 0 Å². The van der Waals surface area contributed by atoms with Gasteiger partial charge in [-0.25, -0.2) is 0 Å². The van der Waals surface area contributed by atoms with E-state index in [4.69, 9.17) is 5.26 Å². The number of nitriles is 1. The summed E-state index contributed by atoms with van der Waals surface area (Å²) in [4.78, 5) is 11.6. The van der Waals surface area contributed by atoms with E-state index in [1.807, 2.05) is 44.2 Å². The molecule has 1 unspecified atom stereocenters. The minimum atomic E-state index is -0.358. The third-order valence-corrected chi connectivity index (χ3v) is 2.45. The molecule has 3 heteroatoms. The molecule has 90 valence electrons. The third kappa shape index (κ3) is 4.69. The molecule has 0 heterocycles. The molecule has 0 aliphatic rings. The highest BCUT2D eigenvalue weighted by molar-refractivity contribution is 5.77. The number of nitrogens with one attached hydrogen (secondary N) is 1. The summed E-state index contributed by atoms with van der Waals surface area (Å²) in [5.74, 6) is 0.00803. The van der Waals surface area contributed by atoms with Gasteiger partial charge in [0, 0.05) is 13.0 Å². The van der Waals surface area contributed by atoms with Gasteiger partial charge in [0.25, 0.3) is 0 Å². The molecule has 1 aromatic rings. The molecule has 0 bridgehead atoms. The van der Waals surface area contributed by atoms with Gasteiger partial charge >= 0.3 is 0 Å². The van der Waals surface area contributed by atoms with E-state index < -0.39 is 0 Å². The van der Waals surface area contributed by atoms with Gasteiger partial charge in [0.1, 0.15) is 0 Å². The molecule has 0 saturated heterocycles. The van der Waals surface area contributed by atoms with Crippen molar-refractivity contribution in [2.24, 2.45) is 5.92 Å². The van der Waals surface area contributed by atoms with Crippen molar-refractivity contribution in [2.45, 2.75) is 26.2 Å². The Balaban J connectivity index is 2.54. The maximum absolute atomic E-state index is 11.6. The van der Waals surface area contributed by atoms with E-state index in [0.717, 1.165) is 5.56 Å². The number of carbonyl (C=O) groups is 1. The zero-order valence-corrected chi connectivity index (χ0v) is 10.3. The summed E-state index contributed by atoms with van der Waals surface area (Å²) in [7, 11) is 0. The molecule has 1 aromatic carbocycles. The Labute approximate surface area is 102 Å². The molecule has 3 nitrogen and oxygen atoms in total. The number of nitrogens with zero attached hydrogens (tertiary/aromatic N) is 1. The van der Waals surface area contributed by atoms with Crippen LogP contribution in [0.1, 0.15) is 31.7 Å². The SMILES string of the molecule is CC(C)CNC(=O)CC(C#N)c1ccccc1. The highest BCUT2D eigenvalue weighted by atomic mass is 16.1. The molecule has 1 N–H and O–H groups in total. The maximum Gasteiger partial charge on any atom is 0.221 e. The van der Waals surface area contributed by atoms with E-state index in [0.29, 0.717) is 12.5 Å². The van der Waals surface area contributed by atoms with Gasteiger partial charge in [0.05, 0.1) is 12.0 Å². The van der Waals surface area contributed by atoms with E-state index in [-0.39, 0.29) is 18.2 Å². The molecule has 1 rings (SSSR count). The Morgan fingerprint density at radius 2 is 2.00 bits per heavy atom. The van der Waals surface area contributed by atoms with Crippen LogP contribution in [0.4, 0.5) is 0 Å². The predicted molar refractivity (Wildman–Crippen MR) is 67.3 cm³/mol. The van der Waals surface area contributed by atoms with Crippen LogP contribution in [0.25, 0.3) is 0 Å². The number of carbonyl (C=O) groups excluding carboxylic acids is 1. The van der Waals surface area contributed by atoms with Gasteiger partial charge in [0.15, 0.2) is 0 Å². The number of hydrogen-bond acceptors (Lipinski definition) is 2. The summed E-state index contributed by atoms with van der Waals surface area (Å²) in [6.07, 6.45) is 0.229. The van der Waals surface area contributed by atoms with Crippen LogP contribution >= 0.6 is 0 Å². The minimum Gasteiger partial charge on any atom is -0.356 e. The average molecular weight is 230 g/mol. The second-order valence-electron chi connectivity index (χ2n) is 4.49. The van der Waals surface area contributed by atoms with Crippen LogP contribution in [0, 0.1) is 17.2 Å². The molecule has 0 saturated carbocycles. The molecule has 0 aromatic heterocycles. The standard InChI is InChI=1S/C14H18N2O/c1-11(2)10-16-14(17)8-13(9-15)12-6-4-3-5-7-12/h3-7,11,13H,8,10H2,1-2H3,(H,16,17). The van der Waals surface area contributed by atoms with E-state index in [2.05, 4.69) is 11.4 Å². The quantitative estimate of drug-likeness (QED) is 0.844. The minimum absolute atomic E-state index is 0.0610. The first-order valence-corrected chi connectivity index (χ1v) is 5.84. The van der Waals surface area contributed by atoms with Crippen molar-refractivity contribution in [3.8, 4) is 6.07 Å². The topological polar surface area (TPSA) is 52.9 Å². The average Bonchev–Trinajstić information content (AvgIpc) is 2.34. The van der Waals surface area contributed by atoms with Gasteiger partial charge in [-0.3, -0.25) is 4.79 Å². The van der Waals surface area contributed by atoms with Crippen LogP contribution in [0.15, 0.2) is 30.3 Å². The zero-order valence-electron chi connectivity index (χ0n) is 10.3. The van der Waals surface area contributed by atoms with E-state index in [1.54, 1.807) is 0 Å². The van der Waals surface area contributed by atoms with E-state index in [1.165, 1.54) is 0 Å². The molecular weight excluding hydrogens is 212 g/mol. The smallest absolute Gasteiger partial charge is 0.221 e. The summed E-state index contributed by atoms with van der Waals surface area (Å²) in [6.45, 7) is 4.74. The van der Waals surface area contributed by atoms with Crippen LogP contribution in [0.5, 0.6) is 0 Å². The Morgan fingerprint density at radius 1 is 1.35 bits per heavy atom. The Kier molecular flexibility index (Phi) is 5.22. The second-order valence-corrected chi connectivity index (χ2v) is 4.49. The van der Waals surface area contributed by atoms with E-state index >= 15 is 0 Å². The molecule has 0 radical (unpaired) electrons. The van der Waals surface area contributed by atoms with Gasteiger partial charge in [0.2, 0.25) is 5.91 Å². The third-order valence-electron chi connectivity index (χ3n) is 2.45. The fourth-order valence-electron chi connectivity index (χ4n) is 1.50. The van der Waals surface area contributed by atoms with Crippen molar-refractivity contribution in [1.29, 1.82) is 5.26 Å². The second kappa shape index (κ2) is 6.70. The molecule has 0 spiro atoms. The molecule has 0 aliphatic carbocycles. The van der Waals surface area contributed by atoms with Crippen LogP contribution in [-0.2, 0) is 4.79 Å². The first-order chi connectivity index (χ1) is 8.13. The lowest BCUT2D eigenvalue weighted by molar-refractivity contribution is -0.121. The highest BCUT2D eigenvalue weighted by Crippen LogP contribution is 2.18. The number of amides is 1. The van der Waals surface area contributed by atoms with Crippen molar-refractivity contribution in [3.05, 3.63) is 35.9 Å². The Hall–Kier alpha value is -1.82. The first-order valence-electron chi connectivity index (χ1n) is 5.84. The van der Waals surface area contributed by atoms with Crippen molar-refractivity contribution in [2.75, 3.05) is 6.54 Å². The van der Waals surface area contributed by atoms with Crippen LogP contribution < -0.4 is 5.32 Å². The Morgan fingerprint density at radius 3 is 2.53 bits per heavy atom. The number of benzene rings is 1. The van der Waals surface area contributed by atoms with Crippen molar-refractivity contribution in [1.82, 2.24) is 5.32 Å². The normalized spacial score (nSPS) is 11.9. The monoisotopic (exact) mass is 230 g/mol. The van der Waals surface area contributed by atoms with Crippen molar-refractivity contribution < 1.29 is 4.79 Å². The molecule has 1 atom stereocenters. The van der Waals surface area contributed by atoms with Gasteiger partial charge in [-0.1, -0.05) is 44.2 Å². The molecular formula is C14H18N2O. The van der Waals surface area contributed by atoms with Gasteiger partial charge < -0.3 is 5.32 Å². The molecule has 1 amide bonds. The lowest BCUT2D eigenvalue weighted by atomic mass is 9.97. The number of hydrogen-bond donors (Lipinski definition) is 1. The Bertz CT molecular complexity index is 392. The largest absolute Gasteiger partial charge is 0.356 e. The lowest BCUT2D eigenvalue weighted by Crippen LogP contribution is -2.28. The van der Waals surface area contributed by atoms with Gasteiger partial charge in [-0.2, -0.15) is 5.26 Å². The van der Waals surface area contributed by atoms with Crippen molar-refractivity contribution >= 4 is 5.91 Å². The maximum atomic E-state index is 11.6. The summed E-state index contributed by atoms with van der Waals surface area (Å²) < 4.78 is 0. The molecule has 0 aliphatic heterocycles. The summed E-state index contributed by atoms with van der Waals surface area (Å²) >= 11 is 0. The van der Waals surface area contributed by atoms with Crippen LogP contribution in [0.2, 0.25) is 0 Å². The first kappa shape index (κ1) is 13.2. The lowest BCUT2D eigenvalue weighted by Gasteiger charge is -2.11. The summed E-state index contributed by atoms with van der Waals surface area (Å²) in [5.41, 5.74) is 0.898. The molecule has 0 fully saturated rings. The van der Waals surface area contributed by atoms with E-state index in [9.17, 15) is 4.79 Å². The fourth-order valence-corrected chi connectivity index (χ4v) is 1.50.